The van der Waals surface area contributed by atoms with E-state index in [9.17, 15) is 4.79 Å². The molecule has 212 valence electrons. The van der Waals surface area contributed by atoms with Crippen LogP contribution in [0.25, 0.3) is 85.9 Å². The lowest BCUT2D eigenvalue weighted by atomic mass is 9.93. The van der Waals surface area contributed by atoms with Gasteiger partial charge in [-0.3, -0.25) is 4.79 Å². The van der Waals surface area contributed by atoms with Gasteiger partial charge in [0.1, 0.15) is 11.2 Å². The standard InChI is InChI=1S/C41H24O2S2/c42-39-30-16-7-8-17-34(30)43-35-23-28(18-19-31(35)39)27-14-9-15-29(22-27)36-24-33-38(26-12-5-2-6-13-26)40-32(20-21-44-40)37(41(33)45-36)25-10-3-1-4-11-25/h1-24H. The summed E-state index contributed by atoms with van der Waals surface area (Å²) in [6.45, 7) is 0. The summed E-state index contributed by atoms with van der Waals surface area (Å²) in [6.07, 6.45) is 0. The van der Waals surface area contributed by atoms with Crippen molar-refractivity contribution < 1.29 is 4.42 Å². The average molecular weight is 613 g/mol. The van der Waals surface area contributed by atoms with Crippen molar-refractivity contribution in [3.63, 3.8) is 0 Å². The van der Waals surface area contributed by atoms with E-state index in [0.29, 0.717) is 21.9 Å². The molecule has 45 heavy (non-hydrogen) atoms. The molecule has 0 aliphatic rings. The first-order valence-corrected chi connectivity index (χ1v) is 16.6. The third-order valence-electron chi connectivity index (χ3n) is 8.57. The first-order valence-electron chi connectivity index (χ1n) is 14.9. The highest BCUT2D eigenvalue weighted by molar-refractivity contribution is 7.23. The molecule has 0 aliphatic carbocycles. The van der Waals surface area contributed by atoms with Crippen molar-refractivity contribution in [2.45, 2.75) is 0 Å². The van der Waals surface area contributed by atoms with Crippen molar-refractivity contribution in [1.82, 2.24) is 0 Å². The van der Waals surface area contributed by atoms with Crippen LogP contribution >= 0.6 is 22.7 Å². The van der Waals surface area contributed by atoms with Gasteiger partial charge in [0.15, 0.2) is 0 Å². The van der Waals surface area contributed by atoms with Gasteiger partial charge < -0.3 is 4.42 Å². The minimum atomic E-state index is 0.000715. The second-order valence-electron chi connectivity index (χ2n) is 11.2. The topological polar surface area (TPSA) is 30.2 Å². The Morgan fingerprint density at radius 1 is 0.444 bits per heavy atom. The first kappa shape index (κ1) is 26.1. The van der Waals surface area contributed by atoms with Crippen LogP contribution in [0, 0.1) is 0 Å². The monoisotopic (exact) mass is 612 g/mol. The second kappa shape index (κ2) is 10.4. The van der Waals surface area contributed by atoms with Crippen molar-refractivity contribution in [2.75, 3.05) is 0 Å². The molecule has 0 N–H and O–H groups in total. The van der Waals surface area contributed by atoms with E-state index in [1.54, 1.807) is 0 Å². The molecule has 9 aromatic rings. The van der Waals surface area contributed by atoms with Crippen LogP contribution < -0.4 is 5.43 Å². The highest BCUT2D eigenvalue weighted by Gasteiger charge is 2.21. The van der Waals surface area contributed by atoms with E-state index in [-0.39, 0.29) is 5.43 Å². The van der Waals surface area contributed by atoms with Crippen molar-refractivity contribution in [3.05, 3.63) is 155 Å². The predicted molar refractivity (Wildman–Crippen MR) is 192 cm³/mol. The fourth-order valence-corrected chi connectivity index (χ4v) is 8.69. The molecular weight excluding hydrogens is 589 g/mol. The van der Waals surface area contributed by atoms with Crippen LogP contribution in [0.2, 0.25) is 0 Å². The Bertz CT molecular complexity index is 2520. The van der Waals surface area contributed by atoms with E-state index in [2.05, 4.69) is 102 Å². The molecule has 0 saturated heterocycles. The third kappa shape index (κ3) is 4.26. The largest absolute Gasteiger partial charge is 0.456 e. The molecular formula is C41H24O2S2. The molecule has 4 heteroatoms. The van der Waals surface area contributed by atoms with Crippen LogP contribution in [0.5, 0.6) is 0 Å². The van der Waals surface area contributed by atoms with Gasteiger partial charge in [-0.05, 0) is 75.7 Å². The summed E-state index contributed by atoms with van der Waals surface area (Å²) in [5, 5.41) is 5.99. The Hall–Kier alpha value is -5.29. The Kier molecular flexibility index (Phi) is 6.05. The van der Waals surface area contributed by atoms with E-state index >= 15 is 0 Å². The predicted octanol–water partition coefficient (Wildman–Crippen LogP) is 12.0. The van der Waals surface area contributed by atoms with E-state index in [1.807, 2.05) is 65.1 Å². The van der Waals surface area contributed by atoms with E-state index in [1.165, 1.54) is 47.3 Å². The number of benzene rings is 6. The number of thiophene rings is 2. The Labute approximate surface area is 267 Å². The quantitative estimate of drug-likeness (QED) is 0.185. The van der Waals surface area contributed by atoms with Gasteiger partial charge >= 0.3 is 0 Å². The second-order valence-corrected chi connectivity index (χ2v) is 13.2. The average Bonchev–Trinajstić information content (AvgIpc) is 3.76. The highest BCUT2D eigenvalue weighted by atomic mass is 32.1. The molecule has 0 saturated carbocycles. The maximum Gasteiger partial charge on any atom is 0.200 e. The van der Waals surface area contributed by atoms with Crippen LogP contribution in [-0.2, 0) is 0 Å². The van der Waals surface area contributed by atoms with Crippen LogP contribution in [0.15, 0.2) is 154 Å². The number of rotatable bonds is 4. The van der Waals surface area contributed by atoms with Gasteiger partial charge in [-0.25, -0.2) is 0 Å². The molecule has 0 aliphatic heterocycles. The molecule has 0 spiro atoms. The fourth-order valence-electron chi connectivity index (χ4n) is 6.46. The summed E-state index contributed by atoms with van der Waals surface area (Å²) in [7, 11) is 0. The van der Waals surface area contributed by atoms with Crippen LogP contribution in [0.4, 0.5) is 0 Å². The van der Waals surface area contributed by atoms with Gasteiger partial charge in [0, 0.05) is 36.2 Å². The summed E-state index contributed by atoms with van der Waals surface area (Å²) in [4.78, 5) is 14.3. The van der Waals surface area contributed by atoms with Crippen molar-refractivity contribution in [1.29, 1.82) is 0 Å². The zero-order valence-electron chi connectivity index (χ0n) is 24.0. The van der Waals surface area contributed by atoms with Gasteiger partial charge in [0.2, 0.25) is 5.43 Å². The van der Waals surface area contributed by atoms with E-state index in [0.717, 1.165) is 16.7 Å². The summed E-state index contributed by atoms with van der Waals surface area (Å²) in [6, 6.07) is 48.2. The number of para-hydroxylation sites is 1. The van der Waals surface area contributed by atoms with Crippen LogP contribution in [-0.4, -0.2) is 0 Å². The summed E-state index contributed by atoms with van der Waals surface area (Å²) in [5.74, 6) is 0. The Morgan fingerprint density at radius 3 is 1.89 bits per heavy atom. The van der Waals surface area contributed by atoms with Crippen LogP contribution in [0.3, 0.4) is 0 Å². The lowest BCUT2D eigenvalue weighted by Gasteiger charge is -2.12. The molecule has 0 radical (unpaired) electrons. The SMILES string of the molecule is O=c1c2ccccc2oc2cc(-c3cccc(-c4cc5c(-c6ccccc6)c6sccc6c(-c6ccccc6)c5s4)c3)ccc12. The van der Waals surface area contributed by atoms with Gasteiger partial charge in [-0.1, -0.05) is 97.1 Å². The third-order valence-corrected chi connectivity index (χ3v) is 10.7. The van der Waals surface area contributed by atoms with Gasteiger partial charge in [-0.2, -0.15) is 0 Å². The smallest absolute Gasteiger partial charge is 0.200 e. The minimum absolute atomic E-state index is 0.000715. The van der Waals surface area contributed by atoms with Gasteiger partial charge in [0.05, 0.1) is 10.8 Å². The van der Waals surface area contributed by atoms with Gasteiger partial charge in [0.25, 0.3) is 0 Å². The Balaban J connectivity index is 1.25. The van der Waals surface area contributed by atoms with Crippen molar-refractivity contribution in [3.8, 4) is 43.8 Å². The summed E-state index contributed by atoms with van der Waals surface area (Å²) in [5.41, 5.74) is 9.52. The molecule has 2 nitrogen and oxygen atoms in total. The highest BCUT2D eigenvalue weighted by Crippen LogP contribution is 2.50. The number of hydrogen-bond acceptors (Lipinski definition) is 4. The van der Waals surface area contributed by atoms with Gasteiger partial charge in [-0.15, -0.1) is 22.7 Å². The van der Waals surface area contributed by atoms with Crippen LogP contribution in [0.1, 0.15) is 0 Å². The lowest BCUT2D eigenvalue weighted by Crippen LogP contribution is -2.01. The van der Waals surface area contributed by atoms with Crippen molar-refractivity contribution in [2.24, 2.45) is 0 Å². The molecule has 0 unspecified atom stereocenters. The minimum Gasteiger partial charge on any atom is -0.456 e. The fraction of sp³-hybridized carbons (Fsp3) is 0. The van der Waals surface area contributed by atoms with E-state index < -0.39 is 0 Å². The number of hydrogen-bond donors (Lipinski definition) is 0. The normalized spacial score (nSPS) is 11.6. The maximum atomic E-state index is 13.1. The molecule has 3 heterocycles. The summed E-state index contributed by atoms with van der Waals surface area (Å²) >= 11 is 3.67. The molecule has 3 aromatic heterocycles. The number of fused-ring (bicyclic) bond motifs is 4. The molecule has 6 aromatic carbocycles. The van der Waals surface area contributed by atoms with E-state index in [4.69, 9.17) is 4.42 Å². The molecule has 0 atom stereocenters. The molecule has 0 fully saturated rings. The molecule has 0 bridgehead atoms. The summed E-state index contributed by atoms with van der Waals surface area (Å²) < 4.78 is 8.80. The zero-order chi connectivity index (χ0) is 29.9. The maximum absolute atomic E-state index is 13.1. The first-order chi connectivity index (χ1) is 22.2. The lowest BCUT2D eigenvalue weighted by molar-refractivity contribution is 0.660. The zero-order valence-corrected chi connectivity index (χ0v) is 25.6. The molecule has 0 amide bonds. The Morgan fingerprint density at radius 2 is 1.09 bits per heavy atom. The van der Waals surface area contributed by atoms with Crippen molar-refractivity contribution >= 4 is 64.8 Å². The molecule has 9 rings (SSSR count).